The Labute approximate surface area is 263 Å². The second-order valence-corrected chi connectivity index (χ2v) is 12.5. The first-order valence-corrected chi connectivity index (χ1v) is 17.1. The predicted octanol–water partition coefficient (Wildman–Crippen LogP) is 4.24. The van der Waals surface area contributed by atoms with Crippen LogP contribution in [0.25, 0.3) is 0 Å². The van der Waals surface area contributed by atoms with Crippen LogP contribution in [0.2, 0.25) is 0 Å². The van der Waals surface area contributed by atoms with Crippen molar-refractivity contribution in [3.63, 3.8) is 0 Å². The molecule has 0 aliphatic rings. The van der Waals surface area contributed by atoms with Gasteiger partial charge in [0.2, 0.25) is 23.6 Å². The fourth-order valence-corrected chi connectivity index (χ4v) is 5.10. The third-order valence-electron chi connectivity index (χ3n) is 6.74. The lowest BCUT2D eigenvalue weighted by Gasteiger charge is -2.20. The molecule has 0 rings (SSSR count). The highest BCUT2D eigenvalue weighted by atomic mass is 79.9. The van der Waals surface area contributed by atoms with Crippen LogP contribution in [-0.2, 0) is 28.7 Å². The number of nitrogens with two attached hydrogens (primary N) is 2. The first-order chi connectivity index (χ1) is 19.7. The number of primary amides is 2. The summed E-state index contributed by atoms with van der Waals surface area (Å²) in [5.41, 5.74) is 10.6. The lowest BCUT2D eigenvalue weighted by atomic mass is 9.96. The molecule has 12 heteroatoms. The molecule has 0 fully saturated rings. The number of carbonyl (C=O) groups is 4. The second-order valence-electron chi connectivity index (χ2n) is 10.4. The highest BCUT2D eigenvalue weighted by Crippen LogP contribution is 2.22. The summed E-state index contributed by atoms with van der Waals surface area (Å²) in [6, 6.07) is 0. The molecule has 0 radical (unpaired) electrons. The summed E-state index contributed by atoms with van der Waals surface area (Å²) >= 11 is 6.39. The van der Waals surface area contributed by atoms with Crippen molar-refractivity contribution >= 4 is 55.5 Å². The van der Waals surface area contributed by atoms with Crippen molar-refractivity contribution in [2.45, 2.75) is 113 Å². The van der Waals surface area contributed by atoms with Gasteiger partial charge in [0.15, 0.2) is 0 Å². The molecule has 0 spiro atoms. The van der Waals surface area contributed by atoms with Gasteiger partial charge in [-0.15, -0.1) is 0 Å². The molecule has 0 aromatic heterocycles. The normalized spacial score (nSPS) is 13.3. The maximum atomic E-state index is 12.6. The van der Waals surface area contributed by atoms with Crippen LogP contribution < -0.4 is 22.1 Å². The van der Waals surface area contributed by atoms with E-state index < -0.39 is 27.4 Å². The van der Waals surface area contributed by atoms with Gasteiger partial charge in [0, 0.05) is 19.5 Å². The van der Waals surface area contributed by atoms with Gasteiger partial charge in [-0.2, -0.15) is 0 Å². The van der Waals surface area contributed by atoms with Gasteiger partial charge in [0.05, 0.1) is 37.2 Å². The van der Waals surface area contributed by atoms with Crippen LogP contribution >= 0.6 is 31.9 Å². The fraction of sp³-hybridized carbons (Fsp3) is 0.862. The molecular weight excluding hydrogens is 660 g/mol. The van der Waals surface area contributed by atoms with Crippen molar-refractivity contribution in [1.29, 1.82) is 0 Å². The van der Waals surface area contributed by atoms with Gasteiger partial charge in [0.1, 0.15) is 4.83 Å². The largest absolute Gasteiger partial charge is 0.377 e. The van der Waals surface area contributed by atoms with E-state index in [0.717, 1.165) is 12.8 Å². The Kier molecular flexibility index (Phi) is 26.8. The average Bonchev–Trinajstić information content (AvgIpc) is 2.94. The Balaban J connectivity index is 3.72. The van der Waals surface area contributed by atoms with E-state index in [1.165, 1.54) is 57.8 Å². The Morgan fingerprint density at radius 3 is 1.68 bits per heavy atom. The van der Waals surface area contributed by atoms with Crippen LogP contribution in [0, 0.1) is 5.92 Å². The van der Waals surface area contributed by atoms with E-state index in [2.05, 4.69) is 49.4 Å². The molecular formula is C29H54Br2N4O6. The van der Waals surface area contributed by atoms with E-state index in [1.807, 2.05) is 0 Å². The summed E-state index contributed by atoms with van der Waals surface area (Å²) in [7, 11) is 0. The van der Waals surface area contributed by atoms with Crippen molar-refractivity contribution in [2.24, 2.45) is 17.4 Å². The topological polar surface area (TPSA) is 163 Å². The van der Waals surface area contributed by atoms with Crippen molar-refractivity contribution in [3.8, 4) is 0 Å². The first kappa shape index (κ1) is 39.8. The smallest absolute Gasteiger partial charge is 0.232 e. The number of amides is 4. The fourth-order valence-electron chi connectivity index (χ4n) is 4.27. The molecule has 6 N–H and O–H groups in total. The Morgan fingerprint density at radius 2 is 1.17 bits per heavy atom. The summed E-state index contributed by atoms with van der Waals surface area (Å²) in [4.78, 5) is 45.9. The lowest BCUT2D eigenvalue weighted by molar-refractivity contribution is -0.129. The molecule has 0 saturated heterocycles. The molecule has 0 aromatic rings. The van der Waals surface area contributed by atoms with E-state index in [1.54, 1.807) is 0 Å². The zero-order chi connectivity index (χ0) is 30.7. The maximum Gasteiger partial charge on any atom is 0.232 e. The summed E-state index contributed by atoms with van der Waals surface area (Å²) in [5, 5.41) is 5.63. The minimum absolute atomic E-state index is 0.0664. The van der Waals surface area contributed by atoms with Gasteiger partial charge in [0.25, 0.3) is 0 Å². The van der Waals surface area contributed by atoms with Crippen LogP contribution in [0.4, 0.5) is 0 Å². The summed E-state index contributed by atoms with van der Waals surface area (Å²) in [5.74, 6) is -2.03. The number of nitrogens with one attached hydrogen (secondary N) is 2. The molecule has 4 amide bonds. The molecule has 0 aromatic carbocycles. The number of carbonyl (C=O) groups excluding carboxylic acids is 4. The number of ether oxygens (including phenoxy) is 2. The predicted molar refractivity (Wildman–Crippen MR) is 170 cm³/mol. The monoisotopic (exact) mass is 712 g/mol. The van der Waals surface area contributed by atoms with Crippen molar-refractivity contribution in [3.05, 3.63) is 0 Å². The quantitative estimate of drug-likeness (QED) is 0.0670. The van der Waals surface area contributed by atoms with Crippen LogP contribution in [0.15, 0.2) is 0 Å². The zero-order valence-electron chi connectivity index (χ0n) is 24.9. The molecule has 3 atom stereocenters. The highest BCUT2D eigenvalue weighted by molar-refractivity contribution is 9.10. The van der Waals surface area contributed by atoms with Crippen LogP contribution in [0.5, 0.6) is 0 Å². The van der Waals surface area contributed by atoms with E-state index in [4.69, 9.17) is 20.9 Å². The van der Waals surface area contributed by atoms with Gasteiger partial charge >= 0.3 is 0 Å². The second kappa shape index (κ2) is 27.6. The Bertz CT molecular complexity index is 717. The van der Waals surface area contributed by atoms with E-state index in [-0.39, 0.29) is 25.0 Å². The lowest BCUT2D eigenvalue weighted by Crippen LogP contribution is -2.42. The van der Waals surface area contributed by atoms with E-state index >= 15 is 0 Å². The third kappa shape index (κ3) is 24.0. The van der Waals surface area contributed by atoms with Crippen LogP contribution in [0.3, 0.4) is 0 Å². The molecule has 41 heavy (non-hydrogen) atoms. The standard InChI is InChI=1S/C29H54Br2N4O6/c1-2-3-4-5-6-7-8-9-10-11-12-16-25(36)34-17-19-40-21-22-41-20-18-35-29(39)23(26(31)28(33)38)14-13-15-24(30)27(32)37/h23-24,26H,2-22H2,1H3,(H2,32,37)(H2,33,38)(H,34,36)(H,35,39). The van der Waals surface area contributed by atoms with Crippen molar-refractivity contribution < 1.29 is 28.7 Å². The molecule has 0 aliphatic carbocycles. The van der Waals surface area contributed by atoms with Gasteiger partial charge in [-0.25, -0.2) is 0 Å². The van der Waals surface area contributed by atoms with Gasteiger partial charge in [-0.3, -0.25) is 19.2 Å². The van der Waals surface area contributed by atoms with E-state index in [0.29, 0.717) is 52.0 Å². The molecule has 0 bridgehead atoms. The van der Waals surface area contributed by atoms with Gasteiger partial charge < -0.3 is 31.6 Å². The summed E-state index contributed by atoms with van der Waals surface area (Å²) < 4.78 is 11.0. The number of halogens is 2. The third-order valence-corrected chi connectivity index (χ3v) is 8.74. The van der Waals surface area contributed by atoms with Crippen molar-refractivity contribution in [2.75, 3.05) is 39.5 Å². The molecule has 10 nitrogen and oxygen atoms in total. The minimum Gasteiger partial charge on any atom is -0.377 e. The Morgan fingerprint density at radius 1 is 0.659 bits per heavy atom. The molecule has 3 unspecified atom stereocenters. The van der Waals surface area contributed by atoms with Gasteiger partial charge in [-0.1, -0.05) is 109 Å². The molecule has 0 aliphatic heterocycles. The van der Waals surface area contributed by atoms with Crippen LogP contribution in [-0.4, -0.2) is 72.8 Å². The van der Waals surface area contributed by atoms with Crippen LogP contribution in [0.1, 0.15) is 103 Å². The van der Waals surface area contributed by atoms with Crippen molar-refractivity contribution in [1.82, 2.24) is 10.6 Å². The first-order valence-electron chi connectivity index (χ1n) is 15.3. The SMILES string of the molecule is CCCCCCCCCCCCCC(=O)NCCOCCOCCNC(=O)C(CCCC(Br)C(N)=O)C(Br)C(N)=O. The number of hydrogen-bond donors (Lipinski definition) is 4. The minimum atomic E-state index is -0.820. The number of hydrogen-bond acceptors (Lipinski definition) is 6. The average molecular weight is 715 g/mol. The Hall–Kier alpha value is -1.24. The van der Waals surface area contributed by atoms with E-state index in [9.17, 15) is 19.2 Å². The summed E-state index contributed by atoms with van der Waals surface area (Å²) in [6.07, 6.45) is 15.8. The number of rotatable bonds is 29. The number of alkyl halides is 2. The highest BCUT2D eigenvalue weighted by Gasteiger charge is 2.30. The molecule has 0 saturated carbocycles. The number of unbranched alkanes of at least 4 members (excludes halogenated alkanes) is 10. The maximum absolute atomic E-state index is 12.6. The summed E-state index contributed by atoms with van der Waals surface area (Å²) in [6.45, 7) is 4.41. The molecule has 240 valence electrons. The zero-order valence-corrected chi connectivity index (χ0v) is 28.1. The van der Waals surface area contributed by atoms with Gasteiger partial charge in [-0.05, 0) is 19.3 Å². The molecule has 0 heterocycles.